The van der Waals surface area contributed by atoms with Gasteiger partial charge in [-0.15, -0.1) is 0 Å². The van der Waals surface area contributed by atoms with E-state index in [2.05, 4.69) is 20.9 Å². The molecule has 1 aliphatic heterocycles. The van der Waals surface area contributed by atoms with E-state index in [1.54, 1.807) is 38.1 Å². The number of rotatable bonds is 7. The van der Waals surface area contributed by atoms with E-state index in [1.807, 2.05) is 38.1 Å². The molecule has 0 saturated heterocycles. The third-order valence-corrected chi connectivity index (χ3v) is 7.20. The largest absolute Gasteiger partial charge is 0.491 e. The second-order valence-corrected chi connectivity index (χ2v) is 10.7. The number of benzene rings is 2. The Morgan fingerprint density at radius 2 is 1.92 bits per heavy atom. The zero-order valence-electron chi connectivity index (χ0n) is 21.6. The summed E-state index contributed by atoms with van der Waals surface area (Å²) in [4.78, 5) is 43.4. The summed E-state index contributed by atoms with van der Waals surface area (Å²) < 4.78 is 19.1. The van der Waals surface area contributed by atoms with Crippen molar-refractivity contribution in [2.24, 2.45) is 4.99 Å². The van der Waals surface area contributed by atoms with Crippen molar-refractivity contribution in [1.29, 1.82) is 0 Å². The van der Waals surface area contributed by atoms with Crippen LogP contribution in [0.1, 0.15) is 51.8 Å². The number of carbonyl (C=O) groups excluding carboxylic acids is 2. The van der Waals surface area contributed by atoms with Crippen LogP contribution in [0.5, 0.6) is 11.5 Å². The number of ether oxygens (including phenoxy) is 3. The summed E-state index contributed by atoms with van der Waals surface area (Å²) in [6.45, 7) is 8.83. The fourth-order valence-corrected chi connectivity index (χ4v) is 5.67. The molecule has 1 aliphatic rings. The predicted molar refractivity (Wildman–Crippen MR) is 148 cm³/mol. The molecule has 0 unspecified atom stereocenters. The first-order chi connectivity index (χ1) is 18.1. The fourth-order valence-electron chi connectivity index (χ4n) is 4.15. The summed E-state index contributed by atoms with van der Waals surface area (Å²) in [5.74, 6) is -0.00484. The maximum Gasteiger partial charge on any atom is 0.338 e. The Morgan fingerprint density at radius 3 is 2.58 bits per heavy atom. The molecule has 10 heteroatoms. The molecule has 0 radical (unpaired) electrons. The van der Waals surface area contributed by atoms with E-state index in [1.165, 1.54) is 22.8 Å². The molecule has 4 rings (SSSR count). The van der Waals surface area contributed by atoms with E-state index < -0.39 is 18.0 Å². The van der Waals surface area contributed by atoms with Crippen molar-refractivity contribution in [3.8, 4) is 11.5 Å². The molecule has 38 heavy (non-hydrogen) atoms. The summed E-state index contributed by atoms with van der Waals surface area (Å²) in [5.41, 5.74) is 1.86. The highest BCUT2D eigenvalue weighted by Gasteiger charge is 2.35. The Balaban J connectivity index is 1.92. The molecule has 0 fully saturated rings. The number of hydrogen-bond acceptors (Lipinski definition) is 8. The molecule has 0 spiro atoms. The van der Waals surface area contributed by atoms with Crippen LogP contribution >= 0.6 is 27.3 Å². The van der Waals surface area contributed by atoms with Gasteiger partial charge in [0.1, 0.15) is 17.5 Å². The molecular formula is C28H27BrN2O6S. The van der Waals surface area contributed by atoms with Crippen molar-refractivity contribution in [2.45, 2.75) is 46.8 Å². The lowest BCUT2D eigenvalue weighted by Crippen LogP contribution is -2.40. The van der Waals surface area contributed by atoms with Crippen molar-refractivity contribution in [2.75, 3.05) is 6.61 Å². The monoisotopic (exact) mass is 598 g/mol. The minimum absolute atomic E-state index is 0.114. The van der Waals surface area contributed by atoms with E-state index in [0.717, 1.165) is 5.56 Å². The average Bonchev–Trinajstić information content (AvgIpc) is 3.14. The maximum absolute atomic E-state index is 13.9. The lowest BCUT2D eigenvalue weighted by molar-refractivity contribution is -0.139. The van der Waals surface area contributed by atoms with Gasteiger partial charge in [0.25, 0.3) is 5.56 Å². The van der Waals surface area contributed by atoms with Gasteiger partial charge in [0.05, 0.1) is 33.0 Å². The topological polar surface area (TPSA) is 96.2 Å². The van der Waals surface area contributed by atoms with Gasteiger partial charge < -0.3 is 14.2 Å². The smallest absolute Gasteiger partial charge is 0.338 e. The van der Waals surface area contributed by atoms with E-state index in [4.69, 9.17) is 14.2 Å². The SMILES string of the molecule is CCOC(=O)C1=C(C)N=c2s/c(=C\c3ccc(OC(C)=O)c(Br)c3)c(=O)n2[C@H]1c1ccccc1OC(C)C. The standard InChI is InChI=1S/C28H27BrN2O6S/c1-6-35-27(34)24-16(4)30-28-31(25(24)19-9-7-8-10-21(19)36-15(2)3)26(33)23(38-28)14-18-11-12-22(20(29)13-18)37-17(5)32/h7-15,25H,6H2,1-5H3/b23-14-/t25-/m0/s1. The third-order valence-electron chi connectivity index (χ3n) is 5.60. The molecule has 0 aliphatic carbocycles. The van der Waals surface area contributed by atoms with Gasteiger partial charge in [-0.25, -0.2) is 9.79 Å². The summed E-state index contributed by atoms with van der Waals surface area (Å²) >= 11 is 4.64. The van der Waals surface area contributed by atoms with Crippen molar-refractivity contribution in [3.63, 3.8) is 0 Å². The number of halogens is 1. The van der Waals surface area contributed by atoms with Crippen LogP contribution in [0.25, 0.3) is 6.08 Å². The molecule has 0 bridgehead atoms. The van der Waals surface area contributed by atoms with Crippen LogP contribution in [0.15, 0.2) is 68.0 Å². The number of fused-ring (bicyclic) bond motifs is 1. The Morgan fingerprint density at radius 1 is 1.18 bits per heavy atom. The molecule has 0 N–H and O–H groups in total. The summed E-state index contributed by atoms with van der Waals surface area (Å²) in [5, 5.41) is 0. The first-order valence-corrected chi connectivity index (χ1v) is 13.6. The third kappa shape index (κ3) is 5.66. The number of carbonyl (C=O) groups is 2. The number of para-hydroxylation sites is 1. The lowest BCUT2D eigenvalue weighted by atomic mass is 9.95. The first kappa shape index (κ1) is 27.5. The van der Waals surface area contributed by atoms with Crippen LogP contribution in [-0.4, -0.2) is 29.2 Å². The van der Waals surface area contributed by atoms with Crippen LogP contribution in [0, 0.1) is 0 Å². The Bertz CT molecular complexity index is 1620. The van der Waals surface area contributed by atoms with Crippen molar-refractivity contribution >= 4 is 45.3 Å². The highest BCUT2D eigenvalue weighted by atomic mass is 79.9. The average molecular weight is 600 g/mol. The number of hydrogen-bond donors (Lipinski definition) is 0. The van der Waals surface area contributed by atoms with Gasteiger partial charge >= 0.3 is 11.9 Å². The zero-order valence-corrected chi connectivity index (χ0v) is 24.0. The first-order valence-electron chi connectivity index (χ1n) is 12.0. The van der Waals surface area contributed by atoms with Gasteiger partial charge in [-0.3, -0.25) is 14.2 Å². The van der Waals surface area contributed by atoms with Crippen LogP contribution < -0.4 is 24.4 Å². The highest BCUT2D eigenvalue weighted by molar-refractivity contribution is 9.10. The van der Waals surface area contributed by atoms with E-state index in [9.17, 15) is 14.4 Å². The normalized spacial score (nSPS) is 15.2. The molecule has 1 aromatic heterocycles. The second kappa shape index (κ2) is 11.5. The van der Waals surface area contributed by atoms with Gasteiger partial charge in [0.2, 0.25) is 0 Å². The molecule has 2 heterocycles. The molecule has 1 atom stereocenters. The summed E-state index contributed by atoms with van der Waals surface area (Å²) in [7, 11) is 0. The van der Waals surface area contributed by atoms with Gasteiger partial charge in [-0.2, -0.15) is 0 Å². The molecule has 0 amide bonds. The van der Waals surface area contributed by atoms with Gasteiger partial charge in [0, 0.05) is 12.5 Å². The highest BCUT2D eigenvalue weighted by Crippen LogP contribution is 2.36. The number of esters is 2. The molecule has 2 aromatic carbocycles. The maximum atomic E-state index is 13.9. The van der Waals surface area contributed by atoms with E-state index in [-0.39, 0.29) is 18.3 Å². The minimum Gasteiger partial charge on any atom is -0.491 e. The molecule has 3 aromatic rings. The quantitative estimate of drug-likeness (QED) is 0.297. The van der Waals surface area contributed by atoms with Crippen molar-refractivity contribution in [3.05, 3.63) is 89.0 Å². The molecule has 0 saturated carbocycles. The minimum atomic E-state index is -0.777. The van der Waals surface area contributed by atoms with Crippen LogP contribution in [0.2, 0.25) is 0 Å². The van der Waals surface area contributed by atoms with E-state index in [0.29, 0.717) is 42.1 Å². The molecule has 8 nitrogen and oxygen atoms in total. The number of aromatic nitrogens is 1. The van der Waals surface area contributed by atoms with Crippen LogP contribution in [0.4, 0.5) is 0 Å². The fraction of sp³-hybridized carbons (Fsp3) is 0.286. The number of nitrogens with zero attached hydrogens (tertiary/aromatic N) is 2. The number of thiazole rings is 1. The molecular weight excluding hydrogens is 572 g/mol. The zero-order chi connectivity index (χ0) is 27.6. The van der Waals surface area contributed by atoms with Crippen LogP contribution in [0.3, 0.4) is 0 Å². The number of allylic oxidation sites excluding steroid dienone is 1. The summed E-state index contributed by atoms with van der Waals surface area (Å²) in [6, 6.07) is 11.8. The molecule has 198 valence electrons. The van der Waals surface area contributed by atoms with Crippen LogP contribution in [-0.2, 0) is 14.3 Å². The van der Waals surface area contributed by atoms with Crippen molar-refractivity contribution in [1.82, 2.24) is 4.57 Å². The second-order valence-electron chi connectivity index (χ2n) is 8.79. The van der Waals surface area contributed by atoms with Gasteiger partial charge in [-0.05, 0) is 73.5 Å². The van der Waals surface area contributed by atoms with Gasteiger partial charge in [-0.1, -0.05) is 35.6 Å². The summed E-state index contributed by atoms with van der Waals surface area (Å²) in [6.07, 6.45) is 1.62. The Hall–Kier alpha value is -3.50. The van der Waals surface area contributed by atoms with E-state index >= 15 is 0 Å². The predicted octanol–water partition coefficient (Wildman–Crippen LogP) is 4.27. The lowest BCUT2D eigenvalue weighted by Gasteiger charge is -2.26. The Kier molecular flexibility index (Phi) is 8.32. The van der Waals surface area contributed by atoms with Gasteiger partial charge in [0.15, 0.2) is 4.80 Å². The van der Waals surface area contributed by atoms with Crippen molar-refractivity contribution < 1.29 is 23.8 Å². The Labute approximate surface area is 232 Å².